The van der Waals surface area contributed by atoms with Crippen molar-refractivity contribution in [1.29, 1.82) is 0 Å². The van der Waals surface area contributed by atoms with Crippen LogP contribution in [0.3, 0.4) is 0 Å². The van der Waals surface area contributed by atoms with Crippen LogP contribution >= 0.6 is 23.1 Å². The number of hydrogen-bond acceptors (Lipinski definition) is 9. The molecule has 196 valence electrons. The number of benzene rings is 2. The van der Waals surface area contributed by atoms with Gasteiger partial charge in [0, 0.05) is 24.6 Å². The molecule has 0 saturated heterocycles. The molecule has 10 nitrogen and oxygen atoms in total. The van der Waals surface area contributed by atoms with E-state index < -0.39 is 16.0 Å². The van der Waals surface area contributed by atoms with Gasteiger partial charge in [-0.3, -0.25) is 18.7 Å². The lowest BCUT2D eigenvalue weighted by Gasteiger charge is -2.13. The summed E-state index contributed by atoms with van der Waals surface area (Å²) in [7, 11) is -1.01. The first-order valence-electron chi connectivity index (χ1n) is 11.2. The zero-order valence-corrected chi connectivity index (χ0v) is 23.0. The quantitative estimate of drug-likeness (QED) is 0.366. The molecular weight excluding hydrogens is 548 g/mol. The summed E-state index contributed by atoms with van der Waals surface area (Å²) in [5, 5.41) is 6.13. The molecule has 0 aliphatic carbocycles. The molecule has 13 heteroatoms. The number of fused-ring (bicyclic) bond motifs is 1. The van der Waals surface area contributed by atoms with Crippen LogP contribution in [-0.2, 0) is 21.5 Å². The number of methoxy groups -OCH3 is 1. The number of amides is 1. The van der Waals surface area contributed by atoms with Crippen molar-refractivity contribution >= 4 is 66.8 Å². The molecule has 3 heterocycles. The lowest BCUT2D eigenvalue weighted by atomic mass is 10.2. The van der Waals surface area contributed by atoms with Crippen LogP contribution in [0.5, 0.6) is 5.75 Å². The summed E-state index contributed by atoms with van der Waals surface area (Å²) in [6, 6.07) is 11.0. The average Bonchev–Trinajstić information content (AvgIpc) is 3.49. The van der Waals surface area contributed by atoms with Gasteiger partial charge in [0.1, 0.15) is 20.0 Å². The number of carbonyl (C=O) groups is 1. The van der Waals surface area contributed by atoms with Gasteiger partial charge in [-0.1, -0.05) is 23.9 Å². The number of thioether (sulfide) groups is 1. The molecule has 2 aromatic carbocycles. The number of anilines is 2. The first-order chi connectivity index (χ1) is 18.0. The fraction of sp³-hybridized carbons (Fsp3) is 0.160. The van der Waals surface area contributed by atoms with Crippen molar-refractivity contribution in [2.45, 2.75) is 23.3 Å². The Morgan fingerprint density at radius 2 is 1.95 bits per heavy atom. The number of rotatable bonds is 5. The zero-order valence-electron chi connectivity index (χ0n) is 20.5. The zero-order chi connectivity index (χ0) is 27.4. The van der Waals surface area contributed by atoms with Gasteiger partial charge in [0.05, 0.1) is 34.7 Å². The summed E-state index contributed by atoms with van der Waals surface area (Å²) >= 11 is 2.65. The first-order valence-corrected chi connectivity index (χ1v) is 14.3. The third kappa shape index (κ3) is 4.26. The van der Waals surface area contributed by atoms with Crippen LogP contribution in [0.2, 0.25) is 0 Å². The lowest BCUT2D eigenvalue weighted by Crippen LogP contribution is -2.35. The van der Waals surface area contributed by atoms with E-state index in [9.17, 15) is 22.6 Å². The number of hydrazone groups is 1. The van der Waals surface area contributed by atoms with E-state index in [1.165, 1.54) is 45.9 Å². The summed E-state index contributed by atoms with van der Waals surface area (Å²) in [6.45, 7) is 5.59. The summed E-state index contributed by atoms with van der Waals surface area (Å²) in [4.78, 5) is 29.7. The highest BCUT2D eigenvalue weighted by Crippen LogP contribution is 2.46. The minimum Gasteiger partial charge on any atom is -0.497 e. The van der Waals surface area contributed by atoms with E-state index in [0.29, 0.717) is 20.7 Å². The Labute approximate surface area is 226 Å². The van der Waals surface area contributed by atoms with E-state index in [4.69, 9.17) is 4.74 Å². The maximum atomic E-state index is 13.6. The van der Waals surface area contributed by atoms with Crippen molar-refractivity contribution in [1.82, 2.24) is 4.57 Å². The average molecular weight is 571 g/mol. The van der Waals surface area contributed by atoms with Crippen LogP contribution in [0.25, 0.3) is 10.6 Å². The number of carbonyl (C=O) groups excluding carboxylic acids is 1. The third-order valence-corrected chi connectivity index (χ3v) is 9.43. The van der Waals surface area contributed by atoms with E-state index in [1.807, 2.05) is 30.1 Å². The van der Waals surface area contributed by atoms with Crippen LogP contribution in [-0.4, -0.2) is 43.3 Å². The topological polar surface area (TPSA) is 122 Å². The Kier molecular flexibility index (Phi) is 6.55. The Morgan fingerprint density at radius 3 is 2.63 bits per heavy atom. The summed E-state index contributed by atoms with van der Waals surface area (Å²) in [5.41, 5.74) is 1.39. The molecule has 0 atom stereocenters. The van der Waals surface area contributed by atoms with Crippen molar-refractivity contribution in [2.75, 3.05) is 24.1 Å². The number of thiazole rings is 1. The highest BCUT2D eigenvalue weighted by Gasteiger charge is 2.33. The molecule has 0 unspecified atom stereocenters. The first kappa shape index (κ1) is 26.0. The summed E-state index contributed by atoms with van der Waals surface area (Å²) in [6.07, 6.45) is 1.58. The maximum Gasteiger partial charge on any atom is 0.294 e. The largest absolute Gasteiger partial charge is 0.497 e. The molecule has 1 N–H and O–H groups in total. The maximum absolute atomic E-state index is 13.6. The van der Waals surface area contributed by atoms with Crippen LogP contribution in [0.4, 0.5) is 11.4 Å². The molecule has 0 bridgehead atoms. The normalized spacial score (nSPS) is 18.1. The Bertz CT molecular complexity index is 1840. The molecule has 2 aliphatic heterocycles. The molecule has 0 saturated carbocycles. The molecule has 5 rings (SSSR count). The minimum absolute atomic E-state index is 0.165. The Hall–Kier alpha value is -3.65. The highest BCUT2D eigenvalue weighted by atomic mass is 32.2. The Morgan fingerprint density at radius 1 is 1.18 bits per heavy atom. The van der Waals surface area contributed by atoms with Crippen molar-refractivity contribution in [3.05, 3.63) is 74.7 Å². The van der Waals surface area contributed by atoms with Crippen molar-refractivity contribution in [3.63, 3.8) is 0 Å². The number of nitrogens with zero attached hydrogens (tertiary/aromatic N) is 4. The van der Waals surface area contributed by atoms with Gasteiger partial charge in [0.2, 0.25) is 0 Å². The van der Waals surface area contributed by atoms with Gasteiger partial charge in [-0.05, 0) is 37.3 Å². The predicted molar refractivity (Wildman–Crippen MR) is 149 cm³/mol. The standard InChI is InChI=1S/C25H22N4O6S3/c1-5-11-28-23(31)21(25-27(3)18-13-16(35-4)9-10-19(18)36-25)37-24(28)20-14(2)26-29(22(20)30)15-7-6-8-17(12-15)38(32,33)34/h5-10,12-13H,1,11H2,2-4H3,(H,32,33,34)/b24-20-,25-21-. The third-order valence-electron chi connectivity index (χ3n) is 6.02. The summed E-state index contributed by atoms with van der Waals surface area (Å²) < 4.78 is 40.3. The fourth-order valence-electron chi connectivity index (χ4n) is 4.18. The van der Waals surface area contributed by atoms with Gasteiger partial charge in [-0.2, -0.15) is 18.5 Å². The number of allylic oxidation sites excluding steroid dienone is 1. The number of hydrogen-bond donors (Lipinski definition) is 1. The van der Waals surface area contributed by atoms with Gasteiger partial charge in [-0.25, -0.2) is 0 Å². The van der Waals surface area contributed by atoms with Gasteiger partial charge < -0.3 is 9.64 Å². The number of aromatic nitrogens is 1. The van der Waals surface area contributed by atoms with E-state index in [2.05, 4.69) is 11.7 Å². The Balaban J connectivity index is 1.69. The van der Waals surface area contributed by atoms with E-state index in [-0.39, 0.29) is 28.3 Å². The number of ether oxygens (including phenoxy) is 1. The molecule has 38 heavy (non-hydrogen) atoms. The lowest BCUT2D eigenvalue weighted by molar-refractivity contribution is -0.112. The second kappa shape index (κ2) is 9.58. The fourth-order valence-corrected chi connectivity index (χ4v) is 7.23. The molecule has 1 aromatic heterocycles. The second-order valence-corrected chi connectivity index (χ2v) is 11.8. The molecular formula is C25H22N4O6S3. The molecule has 0 spiro atoms. The molecule has 0 fully saturated rings. The van der Waals surface area contributed by atoms with Crippen LogP contribution in [0.15, 0.2) is 74.8 Å². The van der Waals surface area contributed by atoms with Crippen LogP contribution < -0.4 is 29.4 Å². The van der Waals surface area contributed by atoms with Crippen molar-refractivity contribution in [2.24, 2.45) is 5.10 Å². The highest BCUT2D eigenvalue weighted by molar-refractivity contribution is 8.08. The second-order valence-electron chi connectivity index (χ2n) is 8.39. The van der Waals surface area contributed by atoms with Crippen molar-refractivity contribution in [3.8, 4) is 5.75 Å². The molecule has 0 radical (unpaired) electrons. The smallest absolute Gasteiger partial charge is 0.294 e. The van der Waals surface area contributed by atoms with Gasteiger partial charge >= 0.3 is 0 Å². The van der Waals surface area contributed by atoms with E-state index in [0.717, 1.165) is 26.7 Å². The van der Waals surface area contributed by atoms with Crippen LogP contribution in [0.1, 0.15) is 6.92 Å². The molecule has 3 aromatic rings. The van der Waals surface area contributed by atoms with Crippen LogP contribution in [0, 0.1) is 0 Å². The van der Waals surface area contributed by atoms with Gasteiger partial charge in [0.25, 0.3) is 21.6 Å². The van der Waals surface area contributed by atoms with E-state index >= 15 is 0 Å². The summed E-state index contributed by atoms with van der Waals surface area (Å²) in [5.74, 6) is 0.177. The SMILES string of the molecule is C=CCn1c(=O)/c(=C2/Sc3ccc(OC)cc3N2C)s/c1=C1\C(=O)N(c2cccc(S(=O)(=O)O)c2)N=C1C. The minimum atomic E-state index is -4.48. The predicted octanol–water partition coefficient (Wildman–Crippen LogP) is 2.23. The van der Waals surface area contributed by atoms with Gasteiger partial charge in [0.15, 0.2) is 0 Å². The van der Waals surface area contributed by atoms with Crippen molar-refractivity contribution < 1.29 is 22.5 Å². The molecule has 1 amide bonds. The van der Waals surface area contributed by atoms with E-state index in [1.54, 1.807) is 20.1 Å². The molecule has 2 aliphatic rings. The van der Waals surface area contributed by atoms with Gasteiger partial charge in [-0.15, -0.1) is 17.9 Å². The monoisotopic (exact) mass is 570 g/mol.